The second-order valence-electron chi connectivity index (χ2n) is 5.38. The van der Waals surface area contributed by atoms with Crippen LogP contribution in [-0.2, 0) is 4.74 Å². The van der Waals surface area contributed by atoms with Crippen molar-refractivity contribution in [3.05, 3.63) is 0 Å². The van der Waals surface area contributed by atoms with E-state index < -0.39 is 0 Å². The summed E-state index contributed by atoms with van der Waals surface area (Å²) in [5, 5.41) is 3.40. The molecule has 1 fully saturated rings. The summed E-state index contributed by atoms with van der Waals surface area (Å²) in [5.74, 6) is 0.746. The minimum absolute atomic E-state index is 0.695. The molecule has 0 spiro atoms. The molecule has 1 aliphatic rings. The van der Waals surface area contributed by atoms with Crippen LogP contribution in [0.1, 0.15) is 13.3 Å². The van der Waals surface area contributed by atoms with E-state index in [9.17, 15) is 0 Å². The summed E-state index contributed by atoms with van der Waals surface area (Å²) in [6.07, 6.45) is 1.26. The zero-order valence-electron chi connectivity index (χ0n) is 11.9. The van der Waals surface area contributed by atoms with Gasteiger partial charge in [0.05, 0.1) is 13.2 Å². The van der Waals surface area contributed by atoms with Gasteiger partial charge in [-0.15, -0.1) is 0 Å². The molecule has 0 aromatic rings. The quantitative estimate of drug-likeness (QED) is 0.659. The molecule has 0 radical (unpaired) electrons. The van der Waals surface area contributed by atoms with Crippen molar-refractivity contribution in [2.45, 2.75) is 19.4 Å². The number of rotatable bonds is 7. The molecule has 0 bridgehead atoms. The number of likely N-dealkylation sites (tertiary alicyclic amines) is 1. The number of hydrogen-bond acceptors (Lipinski definition) is 4. The fraction of sp³-hybridized carbons (Fsp3) is 1.00. The van der Waals surface area contributed by atoms with Gasteiger partial charge in [-0.1, -0.05) is 6.92 Å². The summed E-state index contributed by atoms with van der Waals surface area (Å²) in [6, 6.07) is 0.695. The monoisotopic (exact) mass is 243 g/mol. The van der Waals surface area contributed by atoms with Crippen molar-refractivity contribution in [3.8, 4) is 0 Å². The Labute approximate surface area is 106 Å². The summed E-state index contributed by atoms with van der Waals surface area (Å²) in [7, 11) is 6.22. The van der Waals surface area contributed by atoms with E-state index in [2.05, 4.69) is 43.2 Å². The van der Waals surface area contributed by atoms with Gasteiger partial charge in [-0.05, 0) is 40.0 Å². The average Bonchev–Trinajstić information content (AvgIpc) is 2.28. The third kappa shape index (κ3) is 5.82. The fourth-order valence-corrected chi connectivity index (χ4v) is 2.41. The maximum atomic E-state index is 5.64. The lowest BCUT2D eigenvalue weighted by molar-refractivity contribution is 0.0721. The van der Waals surface area contributed by atoms with Crippen molar-refractivity contribution in [2.24, 2.45) is 5.92 Å². The molecular weight excluding hydrogens is 214 g/mol. The summed E-state index contributed by atoms with van der Waals surface area (Å²) in [4.78, 5) is 4.68. The van der Waals surface area contributed by atoms with Crippen LogP contribution >= 0.6 is 0 Å². The van der Waals surface area contributed by atoms with E-state index >= 15 is 0 Å². The predicted molar refractivity (Wildman–Crippen MR) is 72.4 cm³/mol. The molecular formula is C13H29N3O. The zero-order chi connectivity index (χ0) is 12.7. The summed E-state index contributed by atoms with van der Waals surface area (Å²) in [6.45, 7) is 8.53. The van der Waals surface area contributed by atoms with Gasteiger partial charge in [-0.3, -0.25) is 0 Å². The molecule has 4 nitrogen and oxygen atoms in total. The third-order valence-electron chi connectivity index (χ3n) is 3.59. The number of nitrogens with zero attached hydrogens (tertiary/aromatic N) is 2. The van der Waals surface area contributed by atoms with Crippen LogP contribution in [0.5, 0.6) is 0 Å². The van der Waals surface area contributed by atoms with Crippen LogP contribution in [0.2, 0.25) is 0 Å². The molecule has 1 rings (SSSR count). The Balaban J connectivity index is 2.05. The van der Waals surface area contributed by atoms with Gasteiger partial charge in [0.2, 0.25) is 0 Å². The minimum atomic E-state index is 0.695. The topological polar surface area (TPSA) is 27.7 Å². The lowest BCUT2D eigenvalue weighted by Crippen LogP contribution is -2.48. The van der Waals surface area contributed by atoms with Crippen LogP contribution in [0, 0.1) is 5.92 Å². The van der Waals surface area contributed by atoms with Gasteiger partial charge < -0.3 is 19.9 Å². The Kier molecular flexibility index (Phi) is 7.04. The average molecular weight is 243 g/mol. The molecule has 1 heterocycles. The second-order valence-corrected chi connectivity index (χ2v) is 5.38. The highest BCUT2D eigenvalue weighted by Crippen LogP contribution is 2.15. The highest BCUT2D eigenvalue weighted by atomic mass is 16.5. The Morgan fingerprint density at radius 2 is 2.12 bits per heavy atom. The van der Waals surface area contributed by atoms with Gasteiger partial charge in [0.1, 0.15) is 0 Å². The molecule has 0 amide bonds. The number of ether oxygens (including phenoxy) is 1. The summed E-state index contributed by atoms with van der Waals surface area (Å²) in [5.41, 5.74) is 0. The first kappa shape index (κ1) is 14.9. The lowest BCUT2D eigenvalue weighted by atomic mass is 9.94. The predicted octanol–water partition coefficient (Wildman–Crippen LogP) is 0.494. The summed E-state index contributed by atoms with van der Waals surface area (Å²) >= 11 is 0. The van der Waals surface area contributed by atoms with Gasteiger partial charge in [-0.25, -0.2) is 0 Å². The van der Waals surface area contributed by atoms with E-state index in [-0.39, 0.29) is 0 Å². The van der Waals surface area contributed by atoms with Crippen molar-refractivity contribution < 1.29 is 4.74 Å². The van der Waals surface area contributed by atoms with Crippen LogP contribution in [0.4, 0.5) is 0 Å². The zero-order valence-corrected chi connectivity index (χ0v) is 11.9. The molecule has 0 saturated carbocycles. The van der Waals surface area contributed by atoms with E-state index in [0.717, 1.165) is 32.2 Å². The SMILES string of the molecule is CNC1CCN(CCOCCN(C)C)CC1C. The first-order valence-electron chi connectivity index (χ1n) is 6.75. The molecule has 2 unspecified atom stereocenters. The Hall–Kier alpha value is -0.160. The van der Waals surface area contributed by atoms with Gasteiger partial charge >= 0.3 is 0 Å². The van der Waals surface area contributed by atoms with E-state index in [1.807, 2.05) is 0 Å². The number of likely N-dealkylation sites (N-methyl/N-ethyl adjacent to an activating group) is 1. The van der Waals surface area contributed by atoms with Crippen LogP contribution in [0.25, 0.3) is 0 Å². The Bertz CT molecular complexity index is 199. The number of nitrogens with one attached hydrogen (secondary N) is 1. The Morgan fingerprint density at radius 1 is 1.35 bits per heavy atom. The van der Waals surface area contributed by atoms with Crippen molar-refractivity contribution >= 4 is 0 Å². The normalized spacial score (nSPS) is 26.6. The maximum absolute atomic E-state index is 5.64. The molecule has 2 atom stereocenters. The van der Waals surface area contributed by atoms with E-state index in [4.69, 9.17) is 4.74 Å². The van der Waals surface area contributed by atoms with Crippen molar-refractivity contribution in [2.75, 3.05) is 60.5 Å². The first-order chi connectivity index (χ1) is 8.13. The second kappa shape index (κ2) is 8.03. The van der Waals surface area contributed by atoms with Gasteiger partial charge in [0.15, 0.2) is 0 Å². The molecule has 1 aliphatic heterocycles. The van der Waals surface area contributed by atoms with Gasteiger partial charge in [0.25, 0.3) is 0 Å². The first-order valence-corrected chi connectivity index (χ1v) is 6.75. The number of hydrogen-bond donors (Lipinski definition) is 1. The molecule has 0 aromatic heterocycles. The van der Waals surface area contributed by atoms with Gasteiger partial charge in [-0.2, -0.15) is 0 Å². The standard InChI is InChI=1S/C13H29N3O/c1-12-11-16(6-5-13(12)14-2)8-10-17-9-7-15(3)4/h12-14H,5-11H2,1-4H3. The molecule has 4 heteroatoms. The lowest BCUT2D eigenvalue weighted by Gasteiger charge is -2.36. The largest absolute Gasteiger partial charge is 0.379 e. The molecule has 0 aliphatic carbocycles. The maximum Gasteiger partial charge on any atom is 0.0594 e. The molecule has 0 aromatic carbocycles. The van der Waals surface area contributed by atoms with Crippen molar-refractivity contribution in [1.29, 1.82) is 0 Å². The van der Waals surface area contributed by atoms with Crippen molar-refractivity contribution in [3.63, 3.8) is 0 Å². The molecule has 1 N–H and O–H groups in total. The van der Waals surface area contributed by atoms with Crippen LogP contribution in [0.3, 0.4) is 0 Å². The van der Waals surface area contributed by atoms with Crippen molar-refractivity contribution in [1.82, 2.24) is 15.1 Å². The minimum Gasteiger partial charge on any atom is -0.379 e. The smallest absolute Gasteiger partial charge is 0.0594 e. The van der Waals surface area contributed by atoms with E-state index in [0.29, 0.717) is 6.04 Å². The van der Waals surface area contributed by atoms with Crippen LogP contribution < -0.4 is 5.32 Å². The molecule has 1 saturated heterocycles. The van der Waals surface area contributed by atoms with Crippen LogP contribution in [-0.4, -0.2) is 76.4 Å². The molecule has 102 valence electrons. The van der Waals surface area contributed by atoms with Gasteiger partial charge in [0, 0.05) is 25.7 Å². The fourth-order valence-electron chi connectivity index (χ4n) is 2.41. The number of piperidine rings is 1. The van der Waals surface area contributed by atoms with Crippen LogP contribution in [0.15, 0.2) is 0 Å². The molecule has 17 heavy (non-hydrogen) atoms. The van der Waals surface area contributed by atoms with E-state index in [1.54, 1.807) is 0 Å². The van der Waals surface area contributed by atoms with E-state index in [1.165, 1.54) is 19.5 Å². The Morgan fingerprint density at radius 3 is 2.71 bits per heavy atom. The highest BCUT2D eigenvalue weighted by molar-refractivity contribution is 4.81. The summed E-state index contributed by atoms with van der Waals surface area (Å²) < 4.78 is 5.64. The highest BCUT2D eigenvalue weighted by Gasteiger charge is 2.24. The third-order valence-corrected chi connectivity index (χ3v) is 3.59.